The number of phenols is 2. The Morgan fingerprint density at radius 2 is 1.54 bits per heavy atom. The van der Waals surface area contributed by atoms with Gasteiger partial charge in [-0.1, -0.05) is 64.3 Å². The van der Waals surface area contributed by atoms with Gasteiger partial charge in [0.05, 0.1) is 46.6 Å². The number of fused-ring (bicyclic) bond motifs is 1. The lowest BCUT2D eigenvalue weighted by molar-refractivity contribution is -0.144. The number of rotatable bonds is 19. The zero-order valence-corrected chi connectivity index (χ0v) is 41.2. The third kappa shape index (κ3) is 12.9. The van der Waals surface area contributed by atoms with Gasteiger partial charge < -0.3 is 35.6 Å². The zero-order valence-electron chi connectivity index (χ0n) is 39.5. The van der Waals surface area contributed by atoms with E-state index in [-0.39, 0.29) is 54.6 Å². The SMILES string of the molecule is Cc1ncsc1-c1ccc(C(C)NC(=O)C2CC(O)CN2C(=O)C(NC(=O)CCCCCCCOc2ccc(C=NNC(=O)c3c(-c4ccc(O)cc4)sc4cc(O)ccc34)cc2)C(C)(C)C)cc1. The number of aromatic nitrogens is 1. The highest BCUT2D eigenvalue weighted by molar-refractivity contribution is 7.22. The van der Waals surface area contributed by atoms with Crippen LogP contribution in [-0.2, 0) is 14.4 Å². The van der Waals surface area contributed by atoms with Gasteiger partial charge in [-0.2, -0.15) is 5.10 Å². The molecular formula is C53H60N6O8S2. The van der Waals surface area contributed by atoms with Gasteiger partial charge in [-0.3, -0.25) is 19.2 Å². The first-order valence-corrected chi connectivity index (χ1v) is 24.9. The van der Waals surface area contributed by atoms with Gasteiger partial charge in [-0.25, -0.2) is 10.4 Å². The zero-order chi connectivity index (χ0) is 49.2. The van der Waals surface area contributed by atoms with E-state index in [1.54, 1.807) is 53.9 Å². The first-order chi connectivity index (χ1) is 33.0. The molecule has 0 aliphatic carbocycles. The summed E-state index contributed by atoms with van der Waals surface area (Å²) in [5.41, 5.74) is 8.68. The van der Waals surface area contributed by atoms with Crippen molar-refractivity contribution in [2.45, 2.75) is 104 Å². The number of ether oxygens (including phenoxy) is 1. The molecule has 3 heterocycles. The van der Waals surface area contributed by atoms with E-state index in [1.807, 2.05) is 88.7 Å². The average molecular weight is 973 g/mol. The predicted molar refractivity (Wildman–Crippen MR) is 272 cm³/mol. The second-order valence-electron chi connectivity index (χ2n) is 18.5. The molecule has 0 bridgehead atoms. The summed E-state index contributed by atoms with van der Waals surface area (Å²) in [6.45, 7) is 10.0. The van der Waals surface area contributed by atoms with E-state index >= 15 is 0 Å². The van der Waals surface area contributed by atoms with E-state index in [0.717, 1.165) is 63.2 Å². The van der Waals surface area contributed by atoms with Crippen molar-refractivity contribution >= 4 is 62.6 Å². The molecule has 69 heavy (non-hydrogen) atoms. The van der Waals surface area contributed by atoms with Crippen LogP contribution in [0.2, 0.25) is 0 Å². The number of aliphatic hydroxyl groups excluding tert-OH is 1. The van der Waals surface area contributed by atoms with Crippen LogP contribution in [0.3, 0.4) is 0 Å². The molecule has 1 saturated heterocycles. The van der Waals surface area contributed by atoms with Gasteiger partial charge in [0.1, 0.15) is 29.3 Å². The number of nitrogens with one attached hydrogen (secondary N) is 3. The molecule has 6 aromatic rings. The lowest BCUT2D eigenvalue weighted by atomic mass is 9.85. The number of hydrogen-bond donors (Lipinski definition) is 6. The Morgan fingerprint density at radius 3 is 2.23 bits per heavy atom. The molecule has 6 N–H and O–H groups in total. The predicted octanol–water partition coefficient (Wildman–Crippen LogP) is 9.26. The summed E-state index contributed by atoms with van der Waals surface area (Å²) < 4.78 is 6.69. The van der Waals surface area contributed by atoms with Gasteiger partial charge in [0.15, 0.2) is 0 Å². The fourth-order valence-corrected chi connectivity index (χ4v) is 10.4. The Kier molecular flexibility index (Phi) is 16.5. The molecular weight excluding hydrogens is 913 g/mol. The summed E-state index contributed by atoms with van der Waals surface area (Å²) in [6, 6.07) is 24.7. The first-order valence-electron chi connectivity index (χ1n) is 23.3. The Hall–Kier alpha value is -6.62. The number of likely N-dealkylation sites (tertiary alicyclic amines) is 1. The molecule has 4 unspecified atom stereocenters. The van der Waals surface area contributed by atoms with Crippen LogP contribution in [0, 0.1) is 12.3 Å². The van der Waals surface area contributed by atoms with Crippen molar-refractivity contribution < 1.29 is 39.2 Å². The number of β-amino-alcohol motifs (C(OH)–C–C–N with tert-alkyl or cyclic N) is 1. The van der Waals surface area contributed by atoms with Crippen molar-refractivity contribution in [3.63, 3.8) is 0 Å². The highest BCUT2D eigenvalue weighted by Crippen LogP contribution is 2.40. The minimum atomic E-state index is -0.882. The van der Waals surface area contributed by atoms with Gasteiger partial charge in [0.2, 0.25) is 17.7 Å². The number of nitrogens with zero attached hydrogens (tertiary/aromatic N) is 3. The number of hydrogen-bond acceptors (Lipinski definition) is 12. The van der Waals surface area contributed by atoms with Gasteiger partial charge in [0, 0.05) is 34.3 Å². The standard InChI is InChI=1S/C53H60N6O8S2/c1-32(35-14-16-36(17-15-35)47-33(2)54-31-68-47)56-50(64)43-27-40(62)30-59(43)52(66)49(53(3,4)5)57-45(63)11-9-7-6-8-10-26-67-41-23-12-34(13-24-41)29-55-58-51(65)46-42-25-22-39(61)28-44(42)69-48(46)37-18-20-38(60)21-19-37/h12-25,28-29,31-32,40,43,49,60-62H,6-11,26-27,30H2,1-5H3,(H,56,64)(H,57,63)(H,58,65). The fourth-order valence-electron chi connectivity index (χ4n) is 8.35. The highest BCUT2D eigenvalue weighted by atomic mass is 32.1. The maximum Gasteiger partial charge on any atom is 0.273 e. The average Bonchev–Trinajstić information content (AvgIpc) is 4.05. The number of unbranched alkanes of at least 4 members (excludes halogenated alkanes) is 4. The van der Waals surface area contributed by atoms with Crippen molar-refractivity contribution in [2.75, 3.05) is 13.2 Å². The summed E-state index contributed by atoms with van der Waals surface area (Å²) in [4.78, 5) is 61.9. The topological polar surface area (TPSA) is 203 Å². The second kappa shape index (κ2) is 22.7. The third-order valence-corrected chi connectivity index (χ3v) is 14.3. The Labute approximate surface area is 410 Å². The van der Waals surface area contributed by atoms with E-state index in [0.29, 0.717) is 34.6 Å². The number of aryl methyl sites for hydroxylation is 1. The molecule has 2 aromatic heterocycles. The summed E-state index contributed by atoms with van der Waals surface area (Å²) in [5.74, 6) is -0.441. The maximum atomic E-state index is 14.1. The van der Waals surface area contributed by atoms with Crippen LogP contribution in [0.1, 0.15) is 106 Å². The number of carbonyl (C=O) groups is 4. The number of benzene rings is 4. The van der Waals surface area contributed by atoms with Crippen molar-refractivity contribution in [1.82, 2.24) is 25.9 Å². The van der Waals surface area contributed by atoms with Crippen molar-refractivity contribution in [1.29, 1.82) is 0 Å². The first kappa shape index (κ1) is 50.3. The number of thiophene rings is 1. The molecule has 14 nitrogen and oxygen atoms in total. The number of thiazole rings is 1. The van der Waals surface area contributed by atoms with Gasteiger partial charge in [0.25, 0.3) is 5.91 Å². The molecule has 0 radical (unpaired) electrons. The van der Waals surface area contributed by atoms with Crippen LogP contribution in [0.4, 0.5) is 0 Å². The largest absolute Gasteiger partial charge is 0.508 e. The minimum absolute atomic E-state index is 0.0105. The molecule has 0 saturated carbocycles. The molecule has 7 rings (SSSR count). The Bertz CT molecular complexity index is 2760. The van der Waals surface area contributed by atoms with Gasteiger partial charge in [-0.05, 0) is 121 Å². The summed E-state index contributed by atoms with van der Waals surface area (Å²) in [7, 11) is 0. The lowest BCUT2D eigenvalue weighted by Gasteiger charge is -2.35. The van der Waals surface area contributed by atoms with Crippen LogP contribution in [0.5, 0.6) is 17.2 Å². The molecule has 362 valence electrons. The molecule has 1 fully saturated rings. The molecule has 4 atom stereocenters. The summed E-state index contributed by atoms with van der Waals surface area (Å²) in [5, 5.41) is 41.3. The van der Waals surface area contributed by atoms with Crippen LogP contribution < -0.4 is 20.8 Å². The smallest absolute Gasteiger partial charge is 0.273 e. The third-order valence-electron chi connectivity index (χ3n) is 12.2. The summed E-state index contributed by atoms with van der Waals surface area (Å²) >= 11 is 2.95. The van der Waals surface area contributed by atoms with Crippen LogP contribution in [0.25, 0.3) is 31.0 Å². The number of phenolic OH excluding ortho intramolecular Hbond substituents is 2. The van der Waals surface area contributed by atoms with Crippen LogP contribution in [-0.4, -0.2) is 86.4 Å². The van der Waals surface area contributed by atoms with E-state index in [9.17, 15) is 34.5 Å². The molecule has 0 spiro atoms. The molecule has 16 heteroatoms. The minimum Gasteiger partial charge on any atom is -0.508 e. The van der Waals surface area contributed by atoms with E-state index in [2.05, 4.69) is 26.1 Å². The normalized spacial score (nSPS) is 15.8. The quantitative estimate of drug-likeness (QED) is 0.0260. The Balaban J connectivity index is 0.809. The van der Waals surface area contributed by atoms with E-state index < -0.39 is 29.5 Å². The van der Waals surface area contributed by atoms with Gasteiger partial charge in [-0.15, -0.1) is 22.7 Å². The van der Waals surface area contributed by atoms with E-state index in [1.165, 1.54) is 22.3 Å². The van der Waals surface area contributed by atoms with E-state index in [4.69, 9.17) is 4.74 Å². The fraction of sp³-hybridized carbons (Fsp3) is 0.358. The number of hydrazone groups is 1. The van der Waals surface area contributed by atoms with Crippen LogP contribution >= 0.6 is 22.7 Å². The molecule has 1 aliphatic rings. The molecule has 1 aliphatic heterocycles. The monoisotopic (exact) mass is 972 g/mol. The maximum absolute atomic E-state index is 14.1. The molecule has 4 amide bonds. The molecule has 4 aromatic carbocycles. The van der Waals surface area contributed by atoms with Crippen molar-refractivity contribution in [2.24, 2.45) is 10.5 Å². The summed E-state index contributed by atoms with van der Waals surface area (Å²) in [6.07, 6.45) is 5.23. The lowest BCUT2D eigenvalue weighted by Crippen LogP contribution is -2.57. The van der Waals surface area contributed by atoms with Crippen molar-refractivity contribution in [3.8, 4) is 38.1 Å². The number of carbonyl (C=O) groups excluding carboxylic acids is 4. The number of aromatic hydroxyl groups is 2. The highest BCUT2D eigenvalue weighted by Gasteiger charge is 2.44. The number of amides is 4. The second-order valence-corrected chi connectivity index (χ2v) is 20.5. The van der Waals surface area contributed by atoms with Crippen molar-refractivity contribution in [3.05, 3.63) is 119 Å². The number of aliphatic hydroxyl groups is 1. The Morgan fingerprint density at radius 1 is 0.870 bits per heavy atom. The van der Waals surface area contributed by atoms with Gasteiger partial charge >= 0.3 is 0 Å². The van der Waals surface area contributed by atoms with Crippen LogP contribution in [0.15, 0.2) is 102 Å².